The number of pyridine rings is 1. The molecule has 0 radical (unpaired) electrons. The molecule has 1 heterocycles. The second kappa shape index (κ2) is 7.60. The van der Waals surface area contributed by atoms with E-state index in [0.717, 1.165) is 23.2 Å². The molecule has 2 rings (SSSR count). The third-order valence-corrected chi connectivity index (χ3v) is 3.03. The summed E-state index contributed by atoms with van der Waals surface area (Å²) < 4.78 is 5.71. The lowest BCUT2D eigenvalue weighted by atomic mass is 10.1. The van der Waals surface area contributed by atoms with E-state index in [1.165, 1.54) is 0 Å². The summed E-state index contributed by atoms with van der Waals surface area (Å²) in [7, 11) is 0. The molecule has 0 amide bonds. The van der Waals surface area contributed by atoms with Crippen LogP contribution in [0.1, 0.15) is 25.0 Å². The van der Waals surface area contributed by atoms with E-state index in [0.29, 0.717) is 12.4 Å². The molecule has 3 heteroatoms. The first kappa shape index (κ1) is 15.3. The van der Waals surface area contributed by atoms with Gasteiger partial charge in [0.25, 0.3) is 0 Å². The van der Waals surface area contributed by atoms with Crippen molar-refractivity contribution in [3.05, 3.63) is 66.4 Å². The van der Waals surface area contributed by atoms with E-state index in [1.807, 2.05) is 44.2 Å². The van der Waals surface area contributed by atoms with Crippen LogP contribution >= 0.6 is 0 Å². The minimum absolute atomic E-state index is 0.123. The van der Waals surface area contributed by atoms with Crippen molar-refractivity contribution in [3.8, 4) is 5.88 Å². The predicted octanol–water partition coefficient (Wildman–Crippen LogP) is 3.67. The van der Waals surface area contributed by atoms with Crippen molar-refractivity contribution in [3.63, 3.8) is 0 Å². The smallest absolute Gasteiger partial charge is 0.218 e. The fraction of sp³-hybridized carbons (Fsp3) is 0.278. The molecule has 0 saturated carbocycles. The third-order valence-electron chi connectivity index (χ3n) is 3.03. The van der Waals surface area contributed by atoms with Crippen molar-refractivity contribution in [1.82, 2.24) is 10.3 Å². The molecule has 0 fully saturated rings. The van der Waals surface area contributed by atoms with Crippen molar-refractivity contribution in [2.24, 2.45) is 0 Å². The Bertz CT molecular complexity index is 579. The highest BCUT2D eigenvalue weighted by Gasteiger charge is 2.06. The summed E-state index contributed by atoms with van der Waals surface area (Å²) in [5, 5.41) is 3.39. The van der Waals surface area contributed by atoms with Gasteiger partial charge in [-0.25, -0.2) is 4.98 Å². The first-order valence-corrected chi connectivity index (χ1v) is 7.21. The zero-order valence-corrected chi connectivity index (χ0v) is 12.7. The molecule has 0 aliphatic heterocycles. The van der Waals surface area contributed by atoms with E-state index in [9.17, 15) is 0 Å². The highest BCUT2D eigenvalue weighted by molar-refractivity contribution is 5.64. The molecular weight excluding hydrogens is 260 g/mol. The van der Waals surface area contributed by atoms with Crippen LogP contribution in [0.3, 0.4) is 0 Å². The second-order valence-electron chi connectivity index (χ2n) is 5.21. The zero-order valence-electron chi connectivity index (χ0n) is 12.7. The van der Waals surface area contributed by atoms with Gasteiger partial charge in [-0.15, -0.1) is 0 Å². The third kappa shape index (κ3) is 4.72. The first-order valence-electron chi connectivity index (χ1n) is 7.21. The monoisotopic (exact) mass is 282 g/mol. The van der Waals surface area contributed by atoms with Crippen LogP contribution in [-0.4, -0.2) is 17.6 Å². The quantitative estimate of drug-likeness (QED) is 0.841. The lowest BCUT2D eigenvalue weighted by Gasteiger charge is -2.13. The zero-order chi connectivity index (χ0) is 15.1. The molecule has 1 N–H and O–H groups in total. The summed E-state index contributed by atoms with van der Waals surface area (Å²) in [5.74, 6) is 0.699. The topological polar surface area (TPSA) is 34.2 Å². The molecule has 21 heavy (non-hydrogen) atoms. The molecule has 0 unspecified atom stereocenters. The summed E-state index contributed by atoms with van der Waals surface area (Å²) >= 11 is 0. The van der Waals surface area contributed by atoms with Crippen LogP contribution in [0.5, 0.6) is 5.88 Å². The summed E-state index contributed by atoms with van der Waals surface area (Å²) in [6.45, 7) is 9.57. The Morgan fingerprint density at radius 1 is 1.19 bits per heavy atom. The van der Waals surface area contributed by atoms with Crippen LogP contribution in [0.15, 0.2) is 55.2 Å². The lowest BCUT2D eigenvalue weighted by molar-refractivity contribution is 0.229. The van der Waals surface area contributed by atoms with E-state index < -0.39 is 0 Å². The average Bonchev–Trinajstić information content (AvgIpc) is 2.49. The number of ether oxygens (including phenoxy) is 1. The molecule has 0 aliphatic carbocycles. The van der Waals surface area contributed by atoms with Gasteiger partial charge in [0.15, 0.2) is 0 Å². The van der Waals surface area contributed by atoms with E-state index in [1.54, 1.807) is 6.20 Å². The van der Waals surface area contributed by atoms with Crippen LogP contribution in [0.2, 0.25) is 0 Å². The molecule has 1 aromatic heterocycles. The minimum atomic E-state index is 0.123. The number of rotatable bonds is 7. The Kier molecular flexibility index (Phi) is 5.52. The van der Waals surface area contributed by atoms with Gasteiger partial charge in [-0.2, -0.15) is 0 Å². The van der Waals surface area contributed by atoms with Gasteiger partial charge < -0.3 is 10.1 Å². The predicted molar refractivity (Wildman–Crippen MR) is 87.2 cm³/mol. The Hall–Kier alpha value is -2.13. The molecular formula is C18H22N2O. The van der Waals surface area contributed by atoms with Crippen molar-refractivity contribution >= 4 is 5.57 Å². The standard InChI is InChI=1S/C18H22N2O/c1-14(2)21-18-17(10-7-11-20-18)13-19-12-15(3)16-8-5-4-6-9-16/h4-11,14,19H,3,12-13H2,1-2H3. The van der Waals surface area contributed by atoms with Gasteiger partial charge in [0.1, 0.15) is 0 Å². The van der Waals surface area contributed by atoms with Crippen molar-refractivity contribution in [1.29, 1.82) is 0 Å². The molecule has 0 bridgehead atoms. The lowest BCUT2D eigenvalue weighted by Crippen LogP contribution is -2.17. The van der Waals surface area contributed by atoms with Crippen LogP contribution in [0.25, 0.3) is 5.57 Å². The summed E-state index contributed by atoms with van der Waals surface area (Å²) in [4.78, 5) is 4.29. The van der Waals surface area contributed by atoms with Crippen LogP contribution in [-0.2, 0) is 6.54 Å². The maximum absolute atomic E-state index is 5.71. The first-order chi connectivity index (χ1) is 10.2. The minimum Gasteiger partial charge on any atom is -0.475 e. The summed E-state index contributed by atoms with van der Waals surface area (Å²) in [5.41, 5.74) is 3.30. The average molecular weight is 282 g/mol. The normalized spacial score (nSPS) is 10.6. The van der Waals surface area contributed by atoms with Gasteiger partial charge in [0.05, 0.1) is 6.10 Å². The van der Waals surface area contributed by atoms with Crippen molar-refractivity contribution in [2.75, 3.05) is 6.54 Å². The van der Waals surface area contributed by atoms with Crippen LogP contribution in [0, 0.1) is 0 Å². The molecule has 1 aromatic carbocycles. The fourth-order valence-electron chi connectivity index (χ4n) is 2.01. The number of benzene rings is 1. The number of aromatic nitrogens is 1. The molecule has 2 aromatic rings. The highest BCUT2D eigenvalue weighted by atomic mass is 16.5. The van der Waals surface area contributed by atoms with E-state index >= 15 is 0 Å². The van der Waals surface area contributed by atoms with Crippen molar-refractivity contribution in [2.45, 2.75) is 26.5 Å². The number of nitrogens with zero attached hydrogens (tertiary/aromatic N) is 1. The van der Waals surface area contributed by atoms with Gasteiger partial charge in [-0.1, -0.05) is 43.0 Å². The molecule has 0 spiro atoms. The van der Waals surface area contributed by atoms with Gasteiger partial charge in [-0.05, 0) is 31.1 Å². The number of nitrogens with one attached hydrogen (secondary N) is 1. The Morgan fingerprint density at radius 2 is 1.95 bits per heavy atom. The number of hydrogen-bond donors (Lipinski definition) is 1. The van der Waals surface area contributed by atoms with Gasteiger partial charge in [-0.3, -0.25) is 0 Å². The van der Waals surface area contributed by atoms with Crippen LogP contribution < -0.4 is 10.1 Å². The maximum atomic E-state index is 5.71. The largest absolute Gasteiger partial charge is 0.475 e. The Morgan fingerprint density at radius 3 is 2.67 bits per heavy atom. The summed E-state index contributed by atoms with van der Waals surface area (Å²) in [6.07, 6.45) is 1.88. The number of hydrogen-bond acceptors (Lipinski definition) is 3. The fourth-order valence-corrected chi connectivity index (χ4v) is 2.01. The Balaban J connectivity index is 1.90. The highest BCUT2D eigenvalue weighted by Crippen LogP contribution is 2.16. The molecule has 0 atom stereocenters. The van der Waals surface area contributed by atoms with E-state index in [-0.39, 0.29) is 6.10 Å². The van der Waals surface area contributed by atoms with Crippen molar-refractivity contribution < 1.29 is 4.74 Å². The molecule has 3 nitrogen and oxygen atoms in total. The second-order valence-corrected chi connectivity index (χ2v) is 5.21. The molecule has 0 aliphatic rings. The van der Waals surface area contributed by atoms with E-state index in [4.69, 9.17) is 4.74 Å². The van der Waals surface area contributed by atoms with Crippen LogP contribution in [0.4, 0.5) is 0 Å². The van der Waals surface area contributed by atoms with E-state index in [2.05, 4.69) is 29.0 Å². The van der Waals surface area contributed by atoms with Gasteiger partial charge in [0, 0.05) is 24.8 Å². The van der Waals surface area contributed by atoms with Gasteiger partial charge in [0.2, 0.25) is 5.88 Å². The maximum Gasteiger partial charge on any atom is 0.218 e. The SMILES string of the molecule is C=C(CNCc1cccnc1OC(C)C)c1ccccc1. The van der Waals surface area contributed by atoms with Gasteiger partial charge >= 0.3 is 0 Å². The Labute approximate surface area is 126 Å². The molecule has 110 valence electrons. The molecule has 0 saturated heterocycles. The summed E-state index contributed by atoms with van der Waals surface area (Å²) in [6, 6.07) is 14.2.